The molecule has 0 spiro atoms. The molecule has 0 unspecified atom stereocenters. The second-order valence-corrected chi connectivity index (χ2v) is 5.21. The fourth-order valence-corrected chi connectivity index (χ4v) is 2.13. The van der Waals surface area contributed by atoms with Gasteiger partial charge in [0.15, 0.2) is 5.96 Å². The number of nitrogens with zero attached hydrogens (tertiary/aromatic N) is 1. The van der Waals surface area contributed by atoms with Crippen molar-refractivity contribution in [2.45, 2.75) is 26.3 Å². The van der Waals surface area contributed by atoms with Crippen molar-refractivity contribution in [3.8, 4) is 5.75 Å². The van der Waals surface area contributed by atoms with Gasteiger partial charge >= 0.3 is 0 Å². The van der Waals surface area contributed by atoms with E-state index in [1.165, 1.54) is 0 Å². The minimum atomic E-state index is 0. The van der Waals surface area contributed by atoms with Crippen LogP contribution in [0.3, 0.4) is 0 Å². The minimum absolute atomic E-state index is 0. The van der Waals surface area contributed by atoms with Gasteiger partial charge in [-0.25, -0.2) is 0 Å². The van der Waals surface area contributed by atoms with Crippen LogP contribution in [0.1, 0.15) is 25.3 Å². The molecule has 0 atom stereocenters. The van der Waals surface area contributed by atoms with E-state index in [0.29, 0.717) is 26.4 Å². The highest BCUT2D eigenvalue weighted by Crippen LogP contribution is 2.17. The lowest BCUT2D eigenvalue weighted by Crippen LogP contribution is -2.37. The SMILES string of the molecule is CCOc1ccccc1CNC(=NC)NCCCCOCCOC.I. The van der Waals surface area contributed by atoms with Gasteiger partial charge in [-0.3, -0.25) is 4.99 Å². The van der Waals surface area contributed by atoms with E-state index in [0.717, 1.165) is 43.3 Å². The average molecular weight is 465 g/mol. The molecule has 0 radical (unpaired) electrons. The number of methoxy groups -OCH3 is 1. The van der Waals surface area contributed by atoms with Crippen LogP contribution in [-0.4, -0.2) is 53.1 Å². The molecule has 1 rings (SSSR count). The fraction of sp³-hybridized carbons (Fsp3) is 0.611. The van der Waals surface area contributed by atoms with Gasteiger partial charge in [0.05, 0.1) is 19.8 Å². The second kappa shape index (κ2) is 16.4. The Labute approximate surface area is 168 Å². The van der Waals surface area contributed by atoms with E-state index in [1.807, 2.05) is 25.1 Å². The van der Waals surface area contributed by atoms with Crippen molar-refractivity contribution in [1.29, 1.82) is 0 Å². The van der Waals surface area contributed by atoms with E-state index in [4.69, 9.17) is 14.2 Å². The molecular formula is C18H32IN3O3. The number of rotatable bonds is 12. The van der Waals surface area contributed by atoms with E-state index in [2.05, 4.69) is 21.7 Å². The Balaban J connectivity index is 0.00000576. The van der Waals surface area contributed by atoms with Crippen LogP contribution in [0.4, 0.5) is 0 Å². The summed E-state index contributed by atoms with van der Waals surface area (Å²) in [6, 6.07) is 8.04. The number of halogens is 1. The van der Waals surface area contributed by atoms with Crippen LogP contribution >= 0.6 is 24.0 Å². The molecule has 0 aliphatic heterocycles. The largest absolute Gasteiger partial charge is 0.494 e. The molecule has 0 heterocycles. The van der Waals surface area contributed by atoms with Gasteiger partial charge in [0.2, 0.25) is 0 Å². The lowest BCUT2D eigenvalue weighted by Gasteiger charge is -2.14. The summed E-state index contributed by atoms with van der Waals surface area (Å²) in [5, 5.41) is 6.63. The fourth-order valence-electron chi connectivity index (χ4n) is 2.13. The number of aliphatic imine (C=N–C) groups is 1. The predicted octanol–water partition coefficient (Wildman–Crippen LogP) is 2.81. The van der Waals surface area contributed by atoms with Crippen molar-refractivity contribution < 1.29 is 14.2 Å². The van der Waals surface area contributed by atoms with Crippen LogP contribution in [0.2, 0.25) is 0 Å². The Morgan fingerprint density at radius 2 is 1.88 bits per heavy atom. The Hall–Kier alpha value is -1.06. The van der Waals surface area contributed by atoms with Crippen LogP contribution in [0, 0.1) is 0 Å². The van der Waals surface area contributed by atoms with Crippen molar-refractivity contribution in [2.75, 3.05) is 47.1 Å². The van der Waals surface area contributed by atoms with Crippen molar-refractivity contribution in [3.05, 3.63) is 29.8 Å². The Bertz CT molecular complexity index is 473. The minimum Gasteiger partial charge on any atom is -0.494 e. The molecular weight excluding hydrogens is 433 g/mol. The molecule has 1 aromatic carbocycles. The molecule has 25 heavy (non-hydrogen) atoms. The molecule has 7 heteroatoms. The zero-order chi connectivity index (χ0) is 17.5. The van der Waals surface area contributed by atoms with Gasteiger partial charge in [-0.05, 0) is 25.8 Å². The third-order valence-corrected chi connectivity index (χ3v) is 3.38. The quantitative estimate of drug-likeness (QED) is 0.215. The highest BCUT2D eigenvalue weighted by atomic mass is 127. The summed E-state index contributed by atoms with van der Waals surface area (Å²) in [6.07, 6.45) is 2.05. The van der Waals surface area contributed by atoms with E-state index in [9.17, 15) is 0 Å². The third-order valence-electron chi connectivity index (χ3n) is 3.38. The normalized spacial score (nSPS) is 10.9. The van der Waals surface area contributed by atoms with Gasteiger partial charge in [-0.1, -0.05) is 18.2 Å². The first-order valence-electron chi connectivity index (χ1n) is 8.53. The monoisotopic (exact) mass is 465 g/mol. The lowest BCUT2D eigenvalue weighted by molar-refractivity contribution is 0.0689. The maximum absolute atomic E-state index is 5.63. The van der Waals surface area contributed by atoms with Gasteiger partial charge < -0.3 is 24.8 Å². The molecule has 0 aliphatic carbocycles. The smallest absolute Gasteiger partial charge is 0.191 e. The summed E-state index contributed by atoms with van der Waals surface area (Å²) >= 11 is 0. The maximum atomic E-state index is 5.63. The molecule has 0 saturated carbocycles. The van der Waals surface area contributed by atoms with Gasteiger partial charge in [-0.15, -0.1) is 24.0 Å². The zero-order valence-electron chi connectivity index (χ0n) is 15.5. The molecule has 0 aliphatic rings. The standard InChI is InChI=1S/C18H31N3O3.HI/c1-4-24-17-10-6-5-9-16(17)15-21-18(19-2)20-11-7-8-12-23-14-13-22-3;/h5-6,9-10H,4,7-8,11-15H2,1-3H3,(H2,19,20,21);1H. The van der Waals surface area contributed by atoms with Crippen LogP contribution in [0.25, 0.3) is 0 Å². The van der Waals surface area contributed by atoms with E-state index >= 15 is 0 Å². The molecule has 1 aromatic rings. The van der Waals surface area contributed by atoms with Crippen molar-refractivity contribution in [2.24, 2.45) is 4.99 Å². The van der Waals surface area contributed by atoms with E-state index in [-0.39, 0.29) is 24.0 Å². The summed E-state index contributed by atoms with van der Waals surface area (Å²) in [6.45, 7) is 6.26. The van der Waals surface area contributed by atoms with Crippen LogP contribution in [-0.2, 0) is 16.0 Å². The van der Waals surface area contributed by atoms with Gasteiger partial charge in [-0.2, -0.15) is 0 Å². The number of hydrogen-bond donors (Lipinski definition) is 2. The molecule has 0 aromatic heterocycles. The first kappa shape index (κ1) is 23.9. The third kappa shape index (κ3) is 11.2. The molecule has 0 fully saturated rings. The maximum Gasteiger partial charge on any atom is 0.191 e. The first-order chi connectivity index (χ1) is 11.8. The number of unbranched alkanes of at least 4 members (excludes halogenated alkanes) is 1. The van der Waals surface area contributed by atoms with E-state index in [1.54, 1.807) is 14.2 Å². The average Bonchev–Trinajstić information content (AvgIpc) is 2.61. The first-order valence-corrected chi connectivity index (χ1v) is 8.53. The Morgan fingerprint density at radius 3 is 2.60 bits per heavy atom. The summed E-state index contributed by atoms with van der Waals surface area (Å²) in [5.41, 5.74) is 1.12. The Kier molecular flexibility index (Phi) is 15.7. The zero-order valence-corrected chi connectivity index (χ0v) is 17.9. The molecule has 0 bridgehead atoms. The number of hydrogen-bond acceptors (Lipinski definition) is 4. The number of para-hydroxylation sites is 1. The highest BCUT2D eigenvalue weighted by molar-refractivity contribution is 14.0. The van der Waals surface area contributed by atoms with E-state index < -0.39 is 0 Å². The van der Waals surface area contributed by atoms with Gasteiger partial charge in [0.25, 0.3) is 0 Å². The van der Waals surface area contributed by atoms with Crippen molar-refractivity contribution in [1.82, 2.24) is 10.6 Å². The van der Waals surface area contributed by atoms with Crippen molar-refractivity contribution >= 4 is 29.9 Å². The molecule has 2 N–H and O–H groups in total. The van der Waals surface area contributed by atoms with Crippen LogP contribution < -0.4 is 15.4 Å². The topological polar surface area (TPSA) is 64.1 Å². The van der Waals surface area contributed by atoms with Crippen molar-refractivity contribution in [3.63, 3.8) is 0 Å². The number of nitrogens with one attached hydrogen (secondary N) is 2. The predicted molar refractivity (Wildman–Crippen MR) is 113 cm³/mol. The van der Waals surface area contributed by atoms with Gasteiger partial charge in [0, 0.05) is 39.4 Å². The summed E-state index contributed by atoms with van der Waals surface area (Å²) in [5.74, 6) is 1.71. The van der Waals surface area contributed by atoms with Crippen LogP contribution in [0.5, 0.6) is 5.75 Å². The Morgan fingerprint density at radius 1 is 1.08 bits per heavy atom. The molecule has 0 amide bonds. The number of guanidine groups is 1. The molecule has 6 nitrogen and oxygen atoms in total. The molecule has 0 saturated heterocycles. The second-order valence-electron chi connectivity index (χ2n) is 5.21. The summed E-state index contributed by atoms with van der Waals surface area (Å²) in [7, 11) is 3.45. The number of benzene rings is 1. The lowest BCUT2D eigenvalue weighted by atomic mass is 10.2. The highest BCUT2D eigenvalue weighted by Gasteiger charge is 2.03. The van der Waals surface area contributed by atoms with Gasteiger partial charge in [0.1, 0.15) is 5.75 Å². The summed E-state index contributed by atoms with van der Waals surface area (Å²) in [4.78, 5) is 4.24. The van der Waals surface area contributed by atoms with Crippen LogP contribution in [0.15, 0.2) is 29.3 Å². The number of ether oxygens (including phenoxy) is 3. The molecule has 144 valence electrons. The summed E-state index contributed by atoms with van der Waals surface area (Å²) < 4.78 is 16.0.